The zero-order valence-electron chi connectivity index (χ0n) is 18.9. The molecule has 0 aromatic heterocycles. The number of hydrogen-bond donors (Lipinski definition) is 1. The van der Waals surface area contributed by atoms with Gasteiger partial charge in [0.1, 0.15) is 23.1 Å². The number of allylic oxidation sites excluding steroid dienone is 1. The van der Waals surface area contributed by atoms with Crippen molar-refractivity contribution >= 4 is 29.2 Å². The molecule has 0 radical (unpaired) electrons. The van der Waals surface area contributed by atoms with Crippen LogP contribution in [0.5, 0.6) is 11.5 Å². The molecule has 0 saturated heterocycles. The van der Waals surface area contributed by atoms with Crippen molar-refractivity contribution in [2.24, 2.45) is 5.73 Å². The molecular formula is C27H22Cl2N2O3. The number of rotatable bonds is 3. The van der Waals surface area contributed by atoms with E-state index in [9.17, 15) is 10.1 Å². The van der Waals surface area contributed by atoms with Crippen molar-refractivity contribution < 1.29 is 14.3 Å². The summed E-state index contributed by atoms with van der Waals surface area (Å²) in [5.41, 5.74) is 9.17. The van der Waals surface area contributed by atoms with Crippen LogP contribution >= 0.6 is 23.2 Å². The topological polar surface area (TPSA) is 85.3 Å². The highest BCUT2D eigenvalue weighted by Crippen LogP contribution is 2.45. The smallest absolute Gasteiger partial charge is 0.343 e. The molecule has 1 unspecified atom stereocenters. The Bertz CT molecular complexity index is 1350. The predicted molar refractivity (Wildman–Crippen MR) is 132 cm³/mol. The molecule has 172 valence electrons. The third kappa shape index (κ3) is 4.61. The number of nitriles is 1. The lowest BCUT2D eigenvalue weighted by atomic mass is 9.83. The van der Waals surface area contributed by atoms with Crippen molar-refractivity contribution in [3.8, 4) is 17.6 Å². The summed E-state index contributed by atoms with van der Waals surface area (Å²) in [4.78, 5) is 12.7. The summed E-state index contributed by atoms with van der Waals surface area (Å²) < 4.78 is 11.3. The van der Waals surface area contributed by atoms with Crippen molar-refractivity contribution in [2.75, 3.05) is 0 Å². The van der Waals surface area contributed by atoms with Crippen LogP contribution in [-0.2, 0) is 5.41 Å². The second-order valence-electron chi connectivity index (χ2n) is 9.01. The Hall–Kier alpha value is -3.46. The highest BCUT2D eigenvalue weighted by atomic mass is 35.5. The molecule has 0 spiro atoms. The Kier molecular flexibility index (Phi) is 6.31. The van der Waals surface area contributed by atoms with Crippen LogP contribution in [0.4, 0.5) is 0 Å². The minimum absolute atomic E-state index is 0.0164. The van der Waals surface area contributed by atoms with Gasteiger partial charge in [-0.2, -0.15) is 5.26 Å². The lowest BCUT2D eigenvalue weighted by molar-refractivity contribution is 0.0734. The number of ether oxygens (including phenoxy) is 2. The first-order valence-corrected chi connectivity index (χ1v) is 11.3. The van der Waals surface area contributed by atoms with Crippen molar-refractivity contribution in [3.63, 3.8) is 0 Å². The molecule has 34 heavy (non-hydrogen) atoms. The van der Waals surface area contributed by atoms with Crippen molar-refractivity contribution in [2.45, 2.75) is 32.1 Å². The van der Waals surface area contributed by atoms with Gasteiger partial charge in [0.15, 0.2) is 0 Å². The molecule has 7 heteroatoms. The summed E-state index contributed by atoms with van der Waals surface area (Å²) >= 11 is 12.5. The van der Waals surface area contributed by atoms with Gasteiger partial charge in [-0.15, -0.1) is 0 Å². The number of esters is 1. The van der Waals surface area contributed by atoms with Crippen LogP contribution in [0.1, 0.15) is 53.7 Å². The molecule has 1 heterocycles. The second-order valence-corrected chi connectivity index (χ2v) is 9.85. The van der Waals surface area contributed by atoms with Crippen molar-refractivity contribution in [1.82, 2.24) is 0 Å². The zero-order valence-corrected chi connectivity index (χ0v) is 20.4. The van der Waals surface area contributed by atoms with Gasteiger partial charge in [-0.3, -0.25) is 0 Å². The monoisotopic (exact) mass is 492 g/mol. The Morgan fingerprint density at radius 2 is 1.71 bits per heavy atom. The van der Waals surface area contributed by atoms with Gasteiger partial charge in [-0.05, 0) is 46.9 Å². The number of hydrogen-bond acceptors (Lipinski definition) is 5. The molecule has 5 nitrogen and oxygen atoms in total. The van der Waals surface area contributed by atoms with Gasteiger partial charge in [0, 0.05) is 21.7 Å². The summed E-state index contributed by atoms with van der Waals surface area (Å²) in [6.45, 7) is 6.32. The highest BCUT2D eigenvalue weighted by molar-refractivity contribution is 6.35. The molecule has 0 aliphatic carbocycles. The van der Waals surface area contributed by atoms with Crippen LogP contribution in [-0.4, -0.2) is 5.97 Å². The van der Waals surface area contributed by atoms with Crippen LogP contribution in [0.3, 0.4) is 0 Å². The number of benzene rings is 3. The molecule has 1 atom stereocenters. The van der Waals surface area contributed by atoms with Crippen LogP contribution in [0.25, 0.3) is 0 Å². The fourth-order valence-electron chi connectivity index (χ4n) is 3.83. The fourth-order valence-corrected chi connectivity index (χ4v) is 4.34. The van der Waals surface area contributed by atoms with Crippen molar-refractivity contribution in [1.29, 1.82) is 5.26 Å². The number of carbonyl (C=O) groups excluding carboxylic acids is 1. The molecule has 0 saturated carbocycles. The predicted octanol–water partition coefficient (Wildman–Crippen LogP) is 6.73. The van der Waals surface area contributed by atoms with E-state index in [1.807, 2.05) is 12.1 Å². The quantitative estimate of drug-likeness (QED) is 0.323. The highest BCUT2D eigenvalue weighted by Gasteiger charge is 2.32. The minimum Gasteiger partial charge on any atom is -0.440 e. The van der Waals surface area contributed by atoms with Gasteiger partial charge < -0.3 is 15.2 Å². The van der Waals surface area contributed by atoms with E-state index in [0.29, 0.717) is 32.5 Å². The molecule has 4 rings (SSSR count). The fraction of sp³-hybridized carbons (Fsp3) is 0.185. The number of carbonyl (C=O) groups is 1. The maximum Gasteiger partial charge on any atom is 0.343 e. The van der Waals surface area contributed by atoms with E-state index in [2.05, 4.69) is 26.8 Å². The maximum absolute atomic E-state index is 12.7. The summed E-state index contributed by atoms with van der Waals surface area (Å²) in [6.07, 6.45) is 0. The number of nitrogens with two attached hydrogens (primary N) is 1. The Balaban J connectivity index is 1.65. The molecule has 0 amide bonds. The van der Waals surface area contributed by atoms with E-state index in [4.69, 9.17) is 38.4 Å². The molecule has 2 N–H and O–H groups in total. The van der Waals surface area contributed by atoms with E-state index < -0.39 is 11.9 Å². The summed E-state index contributed by atoms with van der Waals surface area (Å²) in [6, 6.07) is 19.5. The van der Waals surface area contributed by atoms with Crippen LogP contribution in [0.15, 0.2) is 72.1 Å². The van der Waals surface area contributed by atoms with E-state index in [1.165, 1.54) is 0 Å². The van der Waals surface area contributed by atoms with E-state index >= 15 is 0 Å². The summed E-state index contributed by atoms with van der Waals surface area (Å²) in [5, 5.41) is 10.6. The van der Waals surface area contributed by atoms with E-state index in [-0.39, 0.29) is 22.6 Å². The SMILES string of the molecule is CC(C)(C)c1ccc(C(=O)Oc2ccc3c(c2)OC(N)=C(C#N)C3c2ccc(Cl)cc2Cl)cc1. The minimum atomic E-state index is -0.548. The maximum atomic E-state index is 12.7. The zero-order chi connectivity index (χ0) is 24.6. The summed E-state index contributed by atoms with van der Waals surface area (Å²) in [7, 11) is 0. The molecule has 1 aliphatic rings. The number of nitrogens with zero attached hydrogens (tertiary/aromatic N) is 1. The summed E-state index contributed by atoms with van der Waals surface area (Å²) in [5.74, 6) is -0.408. The van der Waals surface area contributed by atoms with Gasteiger partial charge in [0.2, 0.25) is 5.88 Å². The van der Waals surface area contributed by atoms with Gasteiger partial charge in [-0.1, -0.05) is 68.2 Å². The lowest BCUT2D eigenvalue weighted by Crippen LogP contribution is -2.21. The molecule has 0 bridgehead atoms. The number of fused-ring (bicyclic) bond motifs is 1. The van der Waals surface area contributed by atoms with Gasteiger partial charge in [0.05, 0.1) is 11.5 Å². The third-order valence-corrected chi connectivity index (χ3v) is 6.22. The standard InChI is InChI=1S/C27H22Cl2N2O3/c1-27(2,3)16-6-4-15(5-7-16)26(32)33-18-9-11-20-23(13-18)34-25(31)21(14-30)24(20)19-10-8-17(28)12-22(19)29/h4-13,24H,31H2,1-3H3. The third-order valence-electron chi connectivity index (χ3n) is 5.66. The first kappa shape index (κ1) is 23.7. The molecular weight excluding hydrogens is 471 g/mol. The van der Waals surface area contributed by atoms with E-state index in [0.717, 1.165) is 5.56 Å². The average molecular weight is 493 g/mol. The lowest BCUT2D eigenvalue weighted by Gasteiger charge is -2.27. The van der Waals surface area contributed by atoms with Crippen LogP contribution in [0, 0.1) is 11.3 Å². The Morgan fingerprint density at radius 1 is 1.03 bits per heavy atom. The van der Waals surface area contributed by atoms with Crippen molar-refractivity contribution in [3.05, 3.63) is 104 Å². The number of halogens is 2. The Labute approximate surface area is 208 Å². The van der Waals surface area contributed by atoms with Gasteiger partial charge in [0.25, 0.3) is 0 Å². The molecule has 0 fully saturated rings. The average Bonchev–Trinajstić information content (AvgIpc) is 2.78. The van der Waals surface area contributed by atoms with Crippen LogP contribution in [0.2, 0.25) is 10.0 Å². The van der Waals surface area contributed by atoms with E-state index in [1.54, 1.807) is 48.5 Å². The van der Waals surface area contributed by atoms with Crippen LogP contribution < -0.4 is 15.2 Å². The van der Waals surface area contributed by atoms with Gasteiger partial charge >= 0.3 is 5.97 Å². The normalized spacial score (nSPS) is 15.2. The first-order valence-electron chi connectivity index (χ1n) is 10.6. The molecule has 3 aromatic carbocycles. The molecule has 3 aromatic rings. The second kappa shape index (κ2) is 9.06. The first-order chi connectivity index (χ1) is 16.1. The largest absolute Gasteiger partial charge is 0.440 e. The molecule has 1 aliphatic heterocycles. The van der Waals surface area contributed by atoms with Gasteiger partial charge in [-0.25, -0.2) is 4.79 Å². The Morgan fingerprint density at radius 3 is 2.32 bits per heavy atom.